The Hall–Kier alpha value is -3.00. The Morgan fingerprint density at radius 1 is 1.22 bits per heavy atom. The van der Waals surface area contributed by atoms with E-state index in [1.54, 1.807) is 30.4 Å². The first-order valence-electron chi connectivity index (χ1n) is 8.50. The summed E-state index contributed by atoms with van der Waals surface area (Å²) in [6.07, 6.45) is 1.46. The molecular weight excluding hydrogens is 355 g/mol. The van der Waals surface area contributed by atoms with Gasteiger partial charge in [0, 0.05) is 6.92 Å². The highest BCUT2D eigenvalue weighted by atomic mass is 19.1. The Morgan fingerprint density at radius 2 is 1.96 bits per heavy atom. The zero-order chi connectivity index (χ0) is 19.3. The number of fused-ring (bicyclic) bond motifs is 1. The second-order valence-electron chi connectivity index (χ2n) is 6.95. The van der Waals surface area contributed by atoms with E-state index in [0.29, 0.717) is 5.76 Å². The molecule has 0 radical (unpaired) electrons. The van der Waals surface area contributed by atoms with Crippen molar-refractivity contribution in [2.45, 2.75) is 18.5 Å². The lowest BCUT2D eigenvalue weighted by molar-refractivity contribution is -0.732. The van der Waals surface area contributed by atoms with E-state index in [1.807, 2.05) is 0 Å². The Labute approximate surface area is 154 Å². The molecule has 1 aromatic carbocycles. The molecular formula is C19H18FN2O5+. The average Bonchev–Trinajstić information content (AvgIpc) is 3.34. The smallest absolute Gasteiger partial charge is 0.368 e. The normalized spacial score (nSPS) is 29.9. The average molecular weight is 373 g/mol. The van der Waals surface area contributed by atoms with Crippen LogP contribution in [0.4, 0.5) is 10.1 Å². The fraction of sp³-hybridized carbons (Fsp3) is 0.316. The van der Waals surface area contributed by atoms with Crippen molar-refractivity contribution in [3.8, 4) is 0 Å². The minimum atomic E-state index is -1.33. The van der Waals surface area contributed by atoms with Crippen LogP contribution in [0, 0.1) is 17.7 Å². The summed E-state index contributed by atoms with van der Waals surface area (Å²) in [5.74, 6) is -3.87. The van der Waals surface area contributed by atoms with Crippen LogP contribution in [0.2, 0.25) is 0 Å². The van der Waals surface area contributed by atoms with E-state index < -0.39 is 47.0 Å². The number of nitrogens with two attached hydrogens (primary N) is 1. The number of hydrogen-bond acceptors (Lipinski definition) is 5. The second-order valence-corrected chi connectivity index (χ2v) is 6.95. The number of hydrogen-bond donors (Lipinski definition) is 1. The molecule has 4 rings (SSSR count). The lowest BCUT2D eigenvalue weighted by Crippen LogP contribution is -2.97. The number of rotatable bonds is 3. The van der Waals surface area contributed by atoms with Gasteiger partial charge in [0.05, 0.1) is 19.1 Å². The van der Waals surface area contributed by atoms with Crippen LogP contribution in [0.5, 0.6) is 0 Å². The van der Waals surface area contributed by atoms with Crippen LogP contribution in [0.3, 0.4) is 0 Å². The van der Waals surface area contributed by atoms with Crippen LogP contribution >= 0.6 is 0 Å². The Morgan fingerprint density at radius 3 is 2.59 bits per heavy atom. The lowest BCUT2D eigenvalue weighted by atomic mass is 9.81. The highest BCUT2D eigenvalue weighted by Crippen LogP contribution is 2.46. The van der Waals surface area contributed by atoms with Crippen LogP contribution in [-0.2, 0) is 19.1 Å². The molecule has 2 aliphatic heterocycles. The molecule has 27 heavy (non-hydrogen) atoms. The molecule has 4 atom stereocenters. The van der Waals surface area contributed by atoms with Gasteiger partial charge in [0.25, 0.3) is 0 Å². The highest BCUT2D eigenvalue weighted by Gasteiger charge is 2.71. The molecule has 0 saturated carbocycles. The van der Waals surface area contributed by atoms with Crippen molar-refractivity contribution < 1.29 is 33.2 Å². The molecule has 2 saturated heterocycles. The van der Waals surface area contributed by atoms with E-state index in [9.17, 15) is 18.8 Å². The number of para-hydroxylation sites is 1. The zero-order valence-corrected chi connectivity index (χ0v) is 14.7. The maximum atomic E-state index is 14.3. The third kappa shape index (κ3) is 2.33. The first kappa shape index (κ1) is 17.4. The van der Waals surface area contributed by atoms with Crippen LogP contribution in [0.1, 0.15) is 18.7 Å². The first-order valence-corrected chi connectivity index (χ1v) is 8.50. The molecule has 3 heterocycles. The van der Waals surface area contributed by atoms with Gasteiger partial charge in [-0.1, -0.05) is 12.1 Å². The van der Waals surface area contributed by atoms with Gasteiger partial charge in [-0.3, -0.25) is 9.59 Å². The predicted molar refractivity (Wildman–Crippen MR) is 89.7 cm³/mol. The molecule has 0 aliphatic carbocycles. The second kappa shape index (κ2) is 6.02. The number of esters is 1. The number of anilines is 1. The largest absolute Gasteiger partial charge is 0.464 e. The SMILES string of the molecule is COC(=O)[C@]1(C)[NH2+][C@@H](c2ccco2)[C@H]2C(=O)N(c3ccccc3F)C(=O)[C@H]21. The molecule has 2 aliphatic rings. The molecule has 140 valence electrons. The summed E-state index contributed by atoms with van der Waals surface area (Å²) in [5, 5.41) is 1.64. The summed E-state index contributed by atoms with van der Waals surface area (Å²) in [6.45, 7) is 1.56. The Kier molecular flexibility index (Phi) is 3.88. The third-order valence-corrected chi connectivity index (χ3v) is 5.50. The summed E-state index contributed by atoms with van der Waals surface area (Å²) in [5.41, 5.74) is -1.45. The molecule has 0 bridgehead atoms. The van der Waals surface area contributed by atoms with E-state index in [0.717, 1.165) is 4.90 Å². The highest BCUT2D eigenvalue weighted by molar-refractivity contribution is 6.23. The molecule has 8 heteroatoms. The van der Waals surface area contributed by atoms with Gasteiger partial charge in [0.15, 0.2) is 11.8 Å². The van der Waals surface area contributed by atoms with Gasteiger partial charge < -0.3 is 14.5 Å². The number of furan rings is 1. The summed E-state index contributed by atoms with van der Waals surface area (Å²) < 4.78 is 24.6. The van der Waals surface area contributed by atoms with Gasteiger partial charge in [-0.15, -0.1) is 0 Å². The van der Waals surface area contributed by atoms with E-state index >= 15 is 0 Å². The molecule has 7 nitrogen and oxygen atoms in total. The van der Waals surface area contributed by atoms with E-state index in [1.165, 1.54) is 31.6 Å². The molecule has 1 aromatic heterocycles. The van der Waals surface area contributed by atoms with Crippen molar-refractivity contribution in [1.29, 1.82) is 0 Å². The topological polar surface area (TPSA) is 93.4 Å². The summed E-state index contributed by atoms with van der Waals surface area (Å²) in [6, 6.07) is 8.33. The van der Waals surface area contributed by atoms with Crippen LogP contribution < -0.4 is 10.2 Å². The lowest BCUT2D eigenvalue weighted by Gasteiger charge is -2.25. The summed E-state index contributed by atoms with van der Waals surface area (Å²) in [7, 11) is 1.23. The van der Waals surface area contributed by atoms with Gasteiger partial charge >= 0.3 is 5.97 Å². The Balaban J connectivity index is 1.84. The van der Waals surface area contributed by atoms with Crippen molar-refractivity contribution in [2.75, 3.05) is 12.0 Å². The minimum Gasteiger partial charge on any atom is -0.464 e. The van der Waals surface area contributed by atoms with E-state index in [-0.39, 0.29) is 5.69 Å². The number of carbonyl (C=O) groups is 3. The maximum absolute atomic E-state index is 14.3. The molecule has 2 amide bonds. The van der Waals surface area contributed by atoms with Crippen molar-refractivity contribution in [3.63, 3.8) is 0 Å². The maximum Gasteiger partial charge on any atom is 0.368 e. The zero-order valence-electron chi connectivity index (χ0n) is 14.7. The Bertz CT molecular complexity index is 928. The first-order chi connectivity index (χ1) is 12.9. The van der Waals surface area contributed by atoms with Crippen molar-refractivity contribution in [2.24, 2.45) is 11.8 Å². The number of benzene rings is 1. The number of halogens is 1. The number of ether oxygens (including phenoxy) is 1. The van der Waals surface area contributed by atoms with Gasteiger partial charge in [-0.25, -0.2) is 14.1 Å². The van der Waals surface area contributed by atoms with Gasteiger partial charge in [0.2, 0.25) is 17.4 Å². The van der Waals surface area contributed by atoms with Crippen molar-refractivity contribution in [1.82, 2.24) is 0 Å². The fourth-order valence-corrected chi connectivity index (χ4v) is 4.29. The third-order valence-electron chi connectivity index (χ3n) is 5.50. The van der Waals surface area contributed by atoms with Crippen LogP contribution in [0.15, 0.2) is 47.1 Å². The van der Waals surface area contributed by atoms with Gasteiger partial charge in [-0.05, 0) is 24.3 Å². The fourth-order valence-electron chi connectivity index (χ4n) is 4.29. The molecule has 2 N–H and O–H groups in total. The molecule has 0 spiro atoms. The number of methoxy groups -OCH3 is 1. The van der Waals surface area contributed by atoms with Crippen LogP contribution in [0.25, 0.3) is 0 Å². The van der Waals surface area contributed by atoms with E-state index in [2.05, 4.69) is 0 Å². The van der Waals surface area contributed by atoms with Crippen molar-refractivity contribution in [3.05, 3.63) is 54.2 Å². The number of nitrogens with zero attached hydrogens (tertiary/aromatic N) is 1. The summed E-state index contributed by atoms with van der Waals surface area (Å²) >= 11 is 0. The monoisotopic (exact) mass is 373 g/mol. The molecule has 0 unspecified atom stereocenters. The quantitative estimate of drug-likeness (QED) is 0.634. The minimum absolute atomic E-state index is 0.118. The van der Waals surface area contributed by atoms with Gasteiger partial charge in [0.1, 0.15) is 17.7 Å². The van der Waals surface area contributed by atoms with Crippen LogP contribution in [-0.4, -0.2) is 30.4 Å². The number of quaternary nitrogens is 1. The van der Waals surface area contributed by atoms with E-state index in [4.69, 9.17) is 9.15 Å². The molecule has 2 aromatic rings. The summed E-state index contributed by atoms with van der Waals surface area (Å²) in [4.78, 5) is 39.7. The van der Waals surface area contributed by atoms with Gasteiger partial charge in [-0.2, -0.15) is 0 Å². The number of carbonyl (C=O) groups excluding carboxylic acids is 3. The predicted octanol–water partition coefficient (Wildman–Crippen LogP) is 0.774. The standard InChI is InChI=1S/C19H17FN2O5/c1-19(18(25)26-2)14-13(15(21-19)12-8-5-9-27-12)16(23)22(17(14)24)11-7-4-3-6-10(11)20/h3-9,13-15,21H,1-2H3/p+1/t13-,14-,15-,19+/m0/s1. The number of imide groups is 1. The number of amides is 2. The molecule has 2 fully saturated rings. The van der Waals surface area contributed by atoms with Crippen molar-refractivity contribution >= 4 is 23.5 Å².